The minimum absolute atomic E-state index is 0.0699. The van der Waals surface area contributed by atoms with Gasteiger partial charge in [0.25, 0.3) is 0 Å². The summed E-state index contributed by atoms with van der Waals surface area (Å²) in [5.41, 5.74) is 8.34. The van der Waals surface area contributed by atoms with Gasteiger partial charge in [-0.05, 0) is 25.3 Å². The summed E-state index contributed by atoms with van der Waals surface area (Å²) in [6.45, 7) is 3.06. The zero-order valence-corrected chi connectivity index (χ0v) is 15.5. The number of rotatable bonds is 5. The number of fused-ring (bicyclic) bond motifs is 1. The molecule has 1 fully saturated rings. The van der Waals surface area contributed by atoms with Crippen LogP contribution in [0.15, 0.2) is 30.3 Å². The number of benzene rings is 1. The quantitative estimate of drug-likeness (QED) is 0.733. The van der Waals surface area contributed by atoms with Crippen LogP contribution < -0.4 is 16.4 Å². The number of sulfone groups is 1. The highest BCUT2D eigenvalue weighted by Crippen LogP contribution is 2.44. The predicted molar refractivity (Wildman–Crippen MR) is 102 cm³/mol. The monoisotopic (exact) mass is 373 g/mol. The largest absolute Gasteiger partial charge is 0.370 e. The molecule has 26 heavy (non-hydrogen) atoms. The van der Waals surface area contributed by atoms with Gasteiger partial charge in [0.05, 0.1) is 10.9 Å². The van der Waals surface area contributed by atoms with Gasteiger partial charge in [0.1, 0.15) is 11.2 Å². The van der Waals surface area contributed by atoms with E-state index in [2.05, 4.69) is 20.6 Å². The Balaban J connectivity index is 1.89. The first kappa shape index (κ1) is 17.2. The summed E-state index contributed by atoms with van der Waals surface area (Å²) in [6, 6.07) is 9.95. The third kappa shape index (κ3) is 2.93. The third-order valence-electron chi connectivity index (χ3n) is 4.96. The van der Waals surface area contributed by atoms with E-state index in [1.165, 1.54) is 0 Å². The minimum Gasteiger partial charge on any atom is -0.370 e. The van der Waals surface area contributed by atoms with Crippen LogP contribution in [0.2, 0.25) is 0 Å². The van der Waals surface area contributed by atoms with E-state index in [1.807, 2.05) is 37.3 Å². The number of aromatic nitrogens is 2. The van der Waals surface area contributed by atoms with E-state index in [-0.39, 0.29) is 17.1 Å². The average molecular weight is 373 g/mol. The highest BCUT2D eigenvalue weighted by Gasteiger charge is 2.46. The van der Waals surface area contributed by atoms with E-state index in [0.717, 1.165) is 18.4 Å². The molecule has 1 aromatic carbocycles. The molecule has 1 aliphatic carbocycles. The van der Waals surface area contributed by atoms with Gasteiger partial charge >= 0.3 is 0 Å². The fourth-order valence-corrected chi connectivity index (χ4v) is 5.65. The predicted octanol–water partition coefficient (Wildman–Crippen LogP) is 1.80. The summed E-state index contributed by atoms with van der Waals surface area (Å²) in [5, 5.41) is 5.37. The van der Waals surface area contributed by atoms with Crippen molar-refractivity contribution in [3.05, 3.63) is 47.2 Å². The Morgan fingerprint density at radius 3 is 2.62 bits per heavy atom. The van der Waals surface area contributed by atoms with Crippen molar-refractivity contribution < 1.29 is 8.42 Å². The van der Waals surface area contributed by atoms with Gasteiger partial charge in [-0.1, -0.05) is 30.3 Å². The zero-order valence-electron chi connectivity index (χ0n) is 14.6. The van der Waals surface area contributed by atoms with Crippen LogP contribution in [0.1, 0.15) is 47.9 Å². The Bertz CT molecular complexity index is 913. The molecule has 7 nitrogen and oxygen atoms in total. The first-order valence-corrected chi connectivity index (χ1v) is 10.6. The van der Waals surface area contributed by atoms with Crippen LogP contribution >= 0.6 is 0 Å². The first-order valence-electron chi connectivity index (χ1n) is 8.94. The molecule has 1 aromatic heterocycles. The van der Waals surface area contributed by atoms with Crippen LogP contribution in [0.3, 0.4) is 0 Å². The summed E-state index contributed by atoms with van der Waals surface area (Å²) in [5.74, 6) is 0.599. The highest BCUT2D eigenvalue weighted by atomic mass is 32.2. The van der Waals surface area contributed by atoms with Crippen LogP contribution in [0, 0.1) is 0 Å². The summed E-state index contributed by atoms with van der Waals surface area (Å²) >= 11 is 0. The summed E-state index contributed by atoms with van der Waals surface area (Å²) < 4.78 is 26.0. The van der Waals surface area contributed by atoms with Crippen LogP contribution in [-0.2, 0) is 9.84 Å². The smallest absolute Gasteiger partial charge is 0.222 e. The Morgan fingerprint density at radius 1 is 1.23 bits per heavy atom. The fourth-order valence-electron chi connectivity index (χ4n) is 3.59. The fraction of sp³-hybridized carbons (Fsp3) is 0.444. The molecule has 1 aliphatic heterocycles. The van der Waals surface area contributed by atoms with E-state index in [4.69, 9.17) is 5.73 Å². The van der Waals surface area contributed by atoms with Crippen molar-refractivity contribution in [1.29, 1.82) is 0 Å². The topological polar surface area (TPSA) is 110 Å². The van der Waals surface area contributed by atoms with Gasteiger partial charge in [0, 0.05) is 24.6 Å². The number of nitrogen functional groups attached to an aromatic ring is 1. The third-order valence-corrected chi connectivity index (χ3v) is 7.42. The lowest BCUT2D eigenvalue weighted by atomic mass is 9.89. The summed E-state index contributed by atoms with van der Waals surface area (Å²) in [6.07, 6.45) is 1.45. The lowest BCUT2D eigenvalue weighted by Gasteiger charge is -2.33. The number of hydrogen-bond donors (Lipinski definition) is 3. The normalized spacial score (nSPS) is 22.7. The molecular formula is C18H23N5O2S. The number of nitrogens with one attached hydrogen (secondary N) is 2. The molecule has 2 atom stereocenters. The van der Waals surface area contributed by atoms with E-state index in [1.54, 1.807) is 0 Å². The van der Waals surface area contributed by atoms with Crippen molar-refractivity contribution in [2.45, 2.75) is 36.3 Å². The molecule has 0 saturated heterocycles. The van der Waals surface area contributed by atoms with E-state index in [9.17, 15) is 8.42 Å². The van der Waals surface area contributed by atoms with Gasteiger partial charge in [-0.25, -0.2) is 13.4 Å². The molecule has 2 aliphatic rings. The second-order valence-corrected chi connectivity index (χ2v) is 9.12. The number of hydrogen-bond acceptors (Lipinski definition) is 7. The zero-order chi connectivity index (χ0) is 18.3. The molecule has 8 heteroatoms. The minimum atomic E-state index is -3.33. The lowest BCUT2D eigenvalue weighted by Crippen LogP contribution is -2.40. The Hall–Kier alpha value is -2.19. The number of nitrogens with zero attached hydrogens (tertiary/aromatic N) is 2. The standard InChI is InChI=1S/C18H23N5O2S/c1-2-20-16-14-15(22-18(19)23-16)13(11-6-4-3-5-7-11)10-21-17(14)26(24,25)12-8-9-12/h3-7,12-13,17,21H,2,8-10H2,1H3,(H3,19,20,22,23). The highest BCUT2D eigenvalue weighted by molar-refractivity contribution is 7.92. The van der Waals surface area contributed by atoms with Crippen molar-refractivity contribution in [3.63, 3.8) is 0 Å². The number of anilines is 2. The molecule has 1 saturated carbocycles. The van der Waals surface area contributed by atoms with Crippen LogP contribution in [0.25, 0.3) is 0 Å². The summed E-state index contributed by atoms with van der Waals surface area (Å²) in [4.78, 5) is 8.78. The Labute approximate surface area is 153 Å². The van der Waals surface area contributed by atoms with Gasteiger partial charge < -0.3 is 11.1 Å². The lowest BCUT2D eigenvalue weighted by molar-refractivity contribution is 0.516. The van der Waals surface area contributed by atoms with Crippen molar-refractivity contribution in [3.8, 4) is 0 Å². The maximum Gasteiger partial charge on any atom is 0.222 e. The molecule has 0 amide bonds. The maximum atomic E-state index is 13.0. The Kier molecular flexibility index (Phi) is 4.32. The molecule has 138 valence electrons. The molecule has 2 aromatic rings. The van der Waals surface area contributed by atoms with Gasteiger partial charge in [0.2, 0.25) is 5.95 Å². The van der Waals surface area contributed by atoms with Crippen molar-refractivity contribution in [1.82, 2.24) is 15.3 Å². The van der Waals surface area contributed by atoms with E-state index < -0.39 is 15.2 Å². The molecule has 0 bridgehead atoms. The Morgan fingerprint density at radius 2 is 1.96 bits per heavy atom. The van der Waals surface area contributed by atoms with E-state index in [0.29, 0.717) is 30.2 Å². The SMILES string of the molecule is CCNc1nc(N)nc2c1C(S(=O)(=O)C1CC1)NCC2c1ccccc1. The van der Waals surface area contributed by atoms with Gasteiger partial charge in [-0.15, -0.1) is 0 Å². The van der Waals surface area contributed by atoms with Crippen LogP contribution in [0.4, 0.5) is 11.8 Å². The van der Waals surface area contributed by atoms with Crippen molar-refractivity contribution in [2.24, 2.45) is 0 Å². The van der Waals surface area contributed by atoms with Crippen LogP contribution in [0.5, 0.6) is 0 Å². The van der Waals surface area contributed by atoms with Gasteiger partial charge in [-0.3, -0.25) is 5.32 Å². The van der Waals surface area contributed by atoms with E-state index >= 15 is 0 Å². The molecule has 2 unspecified atom stereocenters. The molecular weight excluding hydrogens is 350 g/mol. The van der Waals surface area contributed by atoms with Crippen molar-refractivity contribution >= 4 is 21.6 Å². The average Bonchev–Trinajstić information content (AvgIpc) is 3.47. The molecule has 0 spiro atoms. The molecule has 4 rings (SSSR count). The maximum absolute atomic E-state index is 13.0. The second-order valence-electron chi connectivity index (χ2n) is 6.80. The van der Waals surface area contributed by atoms with Crippen LogP contribution in [-0.4, -0.2) is 36.7 Å². The van der Waals surface area contributed by atoms with Gasteiger partial charge in [0.15, 0.2) is 9.84 Å². The summed E-state index contributed by atoms with van der Waals surface area (Å²) in [7, 11) is -3.33. The molecule has 2 heterocycles. The molecule has 4 N–H and O–H groups in total. The first-order chi connectivity index (χ1) is 12.5. The van der Waals surface area contributed by atoms with Crippen molar-refractivity contribution in [2.75, 3.05) is 24.1 Å². The molecule has 0 radical (unpaired) electrons. The second kappa shape index (κ2) is 6.51. The van der Waals surface area contributed by atoms with Gasteiger partial charge in [-0.2, -0.15) is 4.98 Å². The number of nitrogens with two attached hydrogens (primary N) is 1.